The molecule has 0 aromatic rings. The van der Waals surface area contributed by atoms with E-state index < -0.39 is 5.97 Å². The van der Waals surface area contributed by atoms with Crippen LogP contribution < -0.4 is 0 Å². The molecule has 2 nitrogen and oxygen atoms in total. The van der Waals surface area contributed by atoms with Crippen LogP contribution in [-0.4, -0.2) is 17.3 Å². The molecule has 14 heavy (non-hydrogen) atoms. The highest BCUT2D eigenvalue weighted by Crippen LogP contribution is 2.19. The smallest absolute Gasteiger partial charge is 0.303 e. The Morgan fingerprint density at radius 3 is 2.43 bits per heavy atom. The fourth-order valence-electron chi connectivity index (χ4n) is 1.06. The molecular weight excluding hydrogens is 196 g/mol. The molecule has 0 saturated carbocycles. The summed E-state index contributed by atoms with van der Waals surface area (Å²) in [6.45, 7) is 4.05. The molecule has 0 amide bonds. The molecule has 0 heterocycles. The van der Waals surface area contributed by atoms with Crippen LogP contribution in [0.1, 0.15) is 33.1 Å². The van der Waals surface area contributed by atoms with E-state index in [1.807, 2.05) is 19.3 Å². The SMILES string of the molecule is C/C=C(\C=C(/CC)SC)CCC(=O)O. The Morgan fingerprint density at radius 2 is 2.07 bits per heavy atom. The third-order valence-electron chi connectivity index (χ3n) is 1.96. The highest BCUT2D eigenvalue weighted by molar-refractivity contribution is 8.02. The summed E-state index contributed by atoms with van der Waals surface area (Å²) in [6.07, 6.45) is 7.95. The number of aliphatic carboxylic acids is 1. The van der Waals surface area contributed by atoms with Gasteiger partial charge in [-0.15, -0.1) is 11.8 Å². The molecule has 0 rings (SSSR count). The minimum atomic E-state index is -0.736. The van der Waals surface area contributed by atoms with Gasteiger partial charge in [0.15, 0.2) is 0 Å². The van der Waals surface area contributed by atoms with Crippen LogP contribution in [0.5, 0.6) is 0 Å². The van der Waals surface area contributed by atoms with Gasteiger partial charge in [0.2, 0.25) is 0 Å². The third-order valence-corrected chi connectivity index (χ3v) is 2.89. The molecule has 3 heteroatoms. The highest BCUT2D eigenvalue weighted by Gasteiger charge is 2.00. The summed E-state index contributed by atoms with van der Waals surface area (Å²) >= 11 is 1.72. The monoisotopic (exact) mass is 214 g/mol. The largest absolute Gasteiger partial charge is 0.481 e. The van der Waals surface area contributed by atoms with Crippen LogP contribution in [0.4, 0.5) is 0 Å². The minimum absolute atomic E-state index is 0.210. The molecule has 0 unspecified atom stereocenters. The lowest BCUT2D eigenvalue weighted by Gasteiger charge is -2.03. The topological polar surface area (TPSA) is 37.3 Å². The van der Waals surface area contributed by atoms with E-state index in [2.05, 4.69) is 13.0 Å². The van der Waals surface area contributed by atoms with Gasteiger partial charge in [-0.3, -0.25) is 4.79 Å². The molecule has 80 valence electrons. The lowest BCUT2D eigenvalue weighted by molar-refractivity contribution is -0.136. The number of rotatable bonds is 6. The third kappa shape index (κ3) is 5.86. The van der Waals surface area contributed by atoms with Gasteiger partial charge in [-0.25, -0.2) is 0 Å². The number of hydrogen-bond acceptors (Lipinski definition) is 2. The molecule has 0 aliphatic carbocycles. The van der Waals surface area contributed by atoms with Gasteiger partial charge in [-0.05, 0) is 37.0 Å². The van der Waals surface area contributed by atoms with Gasteiger partial charge in [0.1, 0.15) is 0 Å². The molecule has 0 spiro atoms. The summed E-state index contributed by atoms with van der Waals surface area (Å²) in [5.41, 5.74) is 1.11. The molecule has 0 aromatic heterocycles. The van der Waals surface area contributed by atoms with Crippen LogP contribution in [0.15, 0.2) is 22.6 Å². The fourth-order valence-corrected chi connectivity index (χ4v) is 1.62. The van der Waals surface area contributed by atoms with Crippen molar-refractivity contribution in [3.63, 3.8) is 0 Å². The molecule has 0 aliphatic rings. The van der Waals surface area contributed by atoms with Crippen LogP contribution in [0.3, 0.4) is 0 Å². The number of carboxylic acid groups (broad SMARTS) is 1. The van der Waals surface area contributed by atoms with Crippen molar-refractivity contribution in [3.05, 3.63) is 22.6 Å². The van der Waals surface area contributed by atoms with Crippen molar-refractivity contribution in [3.8, 4) is 0 Å². The first-order valence-electron chi connectivity index (χ1n) is 4.75. The Labute approximate surface area is 90.1 Å². The lowest BCUT2D eigenvalue weighted by Crippen LogP contribution is -1.94. The van der Waals surface area contributed by atoms with Gasteiger partial charge in [-0.2, -0.15) is 0 Å². The molecule has 0 aliphatic heterocycles. The Balaban J connectivity index is 4.29. The van der Waals surface area contributed by atoms with Crippen molar-refractivity contribution < 1.29 is 9.90 Å². The van der Waals surface area contributed by atoms with Crippen molar-refractivity contribution >= 4 is 17.7 Å². The molecule has 0 fully saturated rings. The van der Waals surface area contributed by atoms with Crippen LogP contribution in [0.2, 0.25) is 0 Å². The van der Waals surface area contributed by atoms with E-state index in [0.717, 1.165) is 12.0 Å². The summed E-state index contributed by atoms with van der Waals surface area (Å²) in [7, 11) is 0. The quantitative estimate of drug-likeness (QED) is 0.688. The second kappa shape index (κ2) is 7.68. The zero-order valence-corrected chi connectivity index (χ0v) is 9.86. The number of thioether (sulfide) groups is 1. The number of allylic oxidation sites excluding steroid dienone is 4. The van der Waals surface area contributed by atoms with Crippen molar-refractivity contribution in [1.82, 2.24) is 0 Å². The molecule has 0 saturated heterocycles. The second-order valence-corrected chi connectivity index (χ2v) is 3.86. The van der Waals surface area contributed by atoms with E-state index in [9.17, 15) is 4.79 Å². The fraction of sp³-hybridized carbons (Fsp3) is 0.545. The lowest BCUT2D eigenvalue weighted by atomic mass is 10.1. The Kier molecular flexibility index (Phi) is 7.30. The first kappa shape index (κ1) is 13.3. The molecule has 1 N–H and O–H groups in total. The standard InChI is InChI=1S/C11H18O2S/c1-4-9(6-7-11(12)13)8-10(5-2)14-3/h4,8H,5-7H2,1-3H3,(H,12,13)/b9-4-,10-8+. The van der Waals surface area contributed by atoms with Crippen LogP contribution >= 0.6 is 11.8 Å². The number of carbonyl (C=O) groups is 1. The molecular formula is C11H18O2S. The predicted molar refractivity (Wildman–Crippen MR) is 62.5 cm³/mol. The molecule has 0 atom stereocenters. The molecule has 0 radical (unpaired) electrons. The Hall–Kier alpha value is -0.700. The van der Waals surface area contributed by atoms with Gasteiger partial charge in [0, 0.05) is 6.42 Å². The first-order valence-corrected chi connectivity index (χ1v) is 5.98. The highest BCUT2D eigenvalue weighted by atomic mass is 32.2. The zero-order chi connectivity index (χ0) is 11.0. The zero-order valence-electron chi connectivity index (χ0n) is 9.04. The van der Waals surface area contributed by atoms with Gasteiger partial charge in [-0.1, -0.05) is 18.6 Å². The second-order valence-electron chi connectivity index (χ2n) is 2.93. The number of hydrogen-bond donors (Lipinski definition) is 1. The summed E-state index contributed by atoms with van der Waals surface area (Å²) < 4.78 is 0. The van der Waals surface area contributed by atoms with Crippen LogP contribution in [0, 0.1) is 0 Å². The maximum atomic E-state index is 10.4. The van der Waals surface area contributed by atoms with Crippen LogP contribution in [0.25, 0.3) is 0 Å². The summed E-state index contributed by atoms with van der Waals surface area (Å²) in [5.74, 6) is -0.736. The van der Waals surface area contributed by atoms with Gasteiger partial charge in [0.05, 0.1) is 0 Å². The minimum Gasteiger partial charge on any atom is -0.481 e. The van der Waals surface area contributed by atoms with Crippen molar-refractivity contribution in [2.75, 3.05) is 6.26 Å². The van der Waals surface area contributed by atoms with Gasteiger partial charge < -0.3 is 5.11 Å². The van der Waals surface area contributed by atoms with Gasteiger partial charge >= 0.3 is 5.97 Å². The maximum absolute atomic E-state index is 10.4. The average Bonchev–Trinajstić information content (AvgIpc) is 2.18. The Morgan fingerprint density at radius 1 is 1.43 bits per heavy atom. The predicted octanol–water partition coefficient (Wildman–Crippen LogP) is 3.45. The van der Waals surface area contributed by atoms with E-state index in [-0.39, 0.29) is 6.42 Å². The normalized spacial score (nSPS) is 13.1. The maximum Gasteiger partial charge on any atom is 0.303 e. The Bertz CT molecular complexity index is 236. The van der Waals surface area contributed by atoms with Crippen molar-refractivity contribution in [1.29, 1.82) is 0 Å². The van der Waals surface area contributed by atoms with E-state index in [1.165, 1.54) is 4.91 Å². The summed E-state index contributed by atoms with van der Waals surface area (Å²) in [5, 5.41) is 8.55. The summed E-state index contributed by atoms with van der Waals surface area (Å²) in [6, 6.07) is 0. The van der Waals surface area contributed by atoms with Gasteiger partial charge in [0.25, 0.3) is 0 Å². The van der Waals surface area contributed by atoms with E-state index >= 15 is 0 Å². The number of carboxylic acids is 1. The van der Waals surface area contributed by atoms with Crippen LogP contribution in [-0.2, 0) is 4.79 Å². The molecule has 0 aromatic carbocycles. The first-order chi connectivity index (χ1) is 6.63. The molecule has 0 bridgehead atoms. The van der Waals surface area contributed by atoms with Crippen molar-refractivity contribution in [2.45, 2.75) is 33.1 Å². The van der Waals surface area contributed by atoms with E-state index in [4.69, 9.17) is 5.11 Å². The summed E-state index contributed by atoms with van der Waals surface area (Å²) in [4.78, 5) is 11.7. The van der Waals surface area contributed by atoms with E-state index in [1.54, 1.807) is 11.8 Å². The van der Waals surface area contributed by atoms with E-state index in [0.29, 0.717) is 6.42 Å². The van der Waals surface area contributed by atoms with Crippen molar-refractivity contribution in [2.24, 2.45) is 0 Å². The average molecular weight is 214 g/mol.